The first kappa shape index (κ1) is 14.4. The van der Waals surface area contributed by atoms with Crippen LogP contribution in [-0.4, -0.2) is 24.6 Å². The van der Waals surface area contributed by atoms with Gasteiger partial charge < -0.3 is 4.98 Å². The van der Waals surface area contributed by atoms with Crippen LogP contribution < -0.4 is 0 Å². The molecule has 5 nitrogen and oxygen atoms in total. The lowest BCUT2D eigenvalue weighted by Crippen LogP contribution is -1.93. The van der Waals surface area contributed by atoms with Crippen molar-refractivity contribution in [1.82, 2.24) is 24.6 Å². The summed E-state index contributed by atoms with van der Waals surface area (Å²) in [6, 6.07) is 14.2. The zero-order valence-corrected chi connectivity index (χ0v) is 13.6. The predicted octanol–water partition coefficient (Wildman–Crippen LogP) is 3.91. The Hall–Kier alpha value is -3.21. The summed E-state index contributed by atoms with van der Waals surface area (Å²) in [6.45, 7) is 4.09. The number of hydrogen-bond donors (Lipinski definition) is 1. The van der Waals surface area contributed by atoms with Crippen molar-refractivity contribution in [3.63, 3.8) is 0 Å². The lowest BCUT2D eigenvalue weighted by Gasteiger charge is -1.98. The standard InChI is InChI=1S/C19H17N5/c1-13-10-14(2)24-19(11-13)22-18(23-24)9-8-17-20-12-16(21-17)15-6-4-3-5-7-15/h3-12H,1-2H3,(H,20,21). The summed E-state index contributed by atoms with van der Waals surface area (Å²) in [5, 5.41) is 4.51. The molecule has 1 N–H and O–H groups in total. The van der Waals surface area contributed by atoms with Crippen molar-refractivity contribution in [2.45, 2.75) is 13.8 Å². The quantitative estimate of drug-likeness (QED) is 0.623. The molecule has 0 aliphatic rings. The van der Waals surface area contributed by atoms with E-state index in [0.717, 1.165) is 28.4 Å². The normalized spacial score (nSPS) is 11.6. The molecule has 3 aromatic heterocycles. The number of benzene rings is 1. The van der Waals surface area contributed by atoms with Crippen molar-refractivity contribution in [3.05, 3.63) is 71.6 Å². The van der Waals surface area contributed by atoms with Gasteiger partial charge in [-0.15, -0.1) is 5.10 Å². The van der Waals surface area contributed by atoms with Gasteiger partial charge in [0.2, 0.25) is 0 Å². The second-order valence-electron chi connectivity index (χ2n) is 5.78. The fourth-order valence-corrected chi connectivity index (χ4v) is 2.73. The number of H-pyrrole nitrogens is 1. The SMILES string of the molecule is Cc1cc(C)n2nc(C=Cc3nc(-c4ccccc4)c[nH]3)nc2c1. The van der Waals surface area contributed by atoms with E-state index in [4.69, 9.17) is 0 Å². The van der Waals surface area contributed by atoms with Crippen LogP contribution in [0.2, 0.25) is 0 Å². The zero-order chi connectivity index (χ0) is 16.5. The third kappa shape index (κ3) is 2.72. The van der Waals surface area contributed by atoms with Gasteiger partial charge in [0.05, 0.1) is 5.69 Å². The number of fused-ring (bicyclic) bond motifs is 1. The number of hydrogen-bond acceptors (Lipinski definition) is 3. The van der Waals surface area contributed by atoms with Crippen molar-refractivity contribution in [1.29, 1.82) is 0 Å². The molecular weight excluding hydrogens is 298 g/mol. The van der Waals surface area contributed by atoms with Crippen LogP contribution in [0, 0.1) is 13.8 Å². The molecule has 5 heteroatoms. The van der Waals surface area contributed by atoms with Gasteiger partial charge in [-0.3, -0.25) is 0 Å². The van der Waals surface area contributed by atoms with Crippen molar-refractivity contribution in [3.8, 4) is 11.3 Å². The number of aromatic nitrogens is 5. The van der Waals surface area contributed by atoms with Gasteiger partial charge in [0, 0.05) is 17.5 Å². The van der Waals surface area contributed by atoms with Gasteiger partial charge in [0.1, 0.15) is 5.82 Å². The van der Waals surface area contributed by atoms with E-state index in [2.05, 4.69) is 33.0 Å². The van der Waals surface area contributed by atoms with Crippen LogP contribution >= 0.6 is 0 Å². The summed E-state index contributed by atoms with van der Waals surface area (Å²) in [7, 11) is 0. The zero-order valence-electron chi connectivity index (χ0n) is 13.6. The van der Waals surface area contributed by atoms with Crippen LogP contribution in [-0.2, 0) is 0 Å². The third-order valence-electron chi connectivity index (χ3n) is 3.83. The molecule has 24 heavy (non-hydrogen) atoms. The van der Waals surface area contributed by atoms with Crippen molar-refractivity contribution >= 4 is 17.8 Å². The molecule has 0 fully saturated rings. The van der Waals surface area contributed by atoms with Crippen molar-refractivity contribution in [2.24, 2.45) is 0 Å². The van der Waals surface area contributed by atoms with Gasteiger partial charge in [-0.25, -0.2) is 14.5 Å². The van der Waals surface area contributed by atoms with Crippen molar-refractivity contribution in [2.75, 3.05) is 0 Å². The van der Waals surface area contributed by atoms with E-state index in [1.807, 2.05) is 66.2 Å². The van der Waals surface area contributed by atoms with Gasteiger partial charge >= 0.3 is 0 Å². The van der Waals surface area contributed by atoms with Gasteiger partial charge in [-0.1, -0.05) is 30.3 Å². The number of imidazole rings is 1. The number of nitrogens with zero attached hydrogens (tertiary/aromatic N) is 4. The first-order chi connectivity index (χ1) is 11.7. The molecule has 0 spiro atoms. The summed E-state index contributed by atoms with van der Waals surface area (Å²) >= 11 is 0. The van der Waals surface area contributed by atoms with Crippen molar-refractivity contribution < 1.29 is 0 Å². The lowest BCUT2D eigenvalue weighted by molar-refractivity contribution is 0.906. The summed E-state index contributed by atoms with van der Waals surface area (Å²) in [6.07, 6.45) is 5.67. The van der Waals surface area contributed by atoms with Crippen LogP contribution in [0.5, 0.6) is 0 Å². The summed E-state index contributed by atoms with van der Waals surface area (Å²) in [4.78, 5) is 12.3. The molecule has 4 aromatic rings. The van der Waals surface area contributed by atoms with E-state index >= 15 is 0 Å². The average molecular weight is 315 g/mol. The number of nitrogens with one attached hydrogen (secondary N) is 1. The highest BCUT2D eigenvalue weighted by molar-refractivity contribution is 5.67. The number of pyridine rings is 1. The van der Waals surface area contributed by atoms with Gasteiger partial charge in [0.15, 0.2) is 11.5 Å². The molecule has 3 heterocycles. The highest BCUT2D eigenvalue weighted by Gasteiger charge is 2.05. The first-order valence-corrected chi connectivity index (χ1v) is 7.82. The van der Waals surface area contributed by atoms with E-state index in [9.17, 15) is 0 Å². The van der Waals surface area contributed by atoms with Crippen LogP contribution in [0.15, 0.2) is 48.7 Å². The fraction of sp³-hybridized carbons (Fsp3) is 0.105. The maximum absolute atomic E-state index is 4.58. The first-order valence-electron chi connectivity index (χ1n) is 7.82. The van der Waals surface area contributed by atoms with E-state index in [1.54, 1.807) is 0 Å². The predicted molar refractivity (Wildman–Crippen MR) is 95.4 cm³/mol. The van der Waals surface area contributed by atoms with Gasteiger partial charge in [-0.05, 0) is 43.7 Å². The van der Waals surface area contributed by atoms with Gasteiger partial charge in [-0.2, -0.15) is 0 Å². The van der Waals surface area contributed by atoms with Crippen LogP contribution in [0.25, 0.3) is 29.1 Å². The minimum atomic E-state index is 0.668. The van der Waals surface area contributed by atoms with E-state index < -0.39 is 0 Å². The molecule has 0 atom stereocenters. The number of rotatable bonds is 3. The molecule has 0 aliphatic carbocycles. The highest BCUT2D eigenvalue weighted by atomic mass is 15.3. The molecular formula is C19H17N5. The summed E-state index contributed by atoms with van der Waals surface area (Å²) in [5.41, 5.74) is 5.12. The van der Waals surface area contributed by atoms with Gasteiger partial charge in [0.25, 0.3) is 0 Å². The maximum Gasteiger partial charge on any atom is 0.175 e. The molecule has 0 aliphatic heterocycles. The second kappa shape index (κ2) is 5.77. The Kier molecular flexibility index (Phi) is 3.46. The molecule has 0 saturated heterocycles. The lowest BCUT2D eigenvalue weighted by atomic mass is 10.2. The fourth-order valence-electron chi connectivity index (χ4n) is 2.73. The monoisotopic (exact) mass is 315 g/mol. The molecule has 118 valence electrons. The van der Waals surface area contributed by atoms with Crippen LogP contribution in [0.4, 0.5) is 0 Å². The Balaban J connectivity index is 1.62. The Morgan fingerprint density at radius 2 is 1.83 bits per heavy atom. The largest absolute Gasteiger partial charge is 0.344 e. The summed E-state index contributed by atoms with van der Waals surface area (Å²) < 4.78 is 1.85. The van der Waals surface area contributed by atoms with Crippen LogP contribution in [0.1, 0.15) is 22.9 Å². The Labute approximate surface area is 139 Å². The van der Waals surface area contributed by atoms with E-state index in [1.165, 1.54) is 5.56 Å². The molecule has 0 unspecified atom stereocenters. The molecule has 0 saturated carbocycles. The highest BCUT2D eigenvalue weighted by Crippen LogP contribution is 2.17. The smallest absolute Gasteiger partial charge is 0.175 e. The van der Waals surface area contributed by atoms with Crippen LogP contribution in [0.3, 0.4) is 0 Å². The van der Waals surface area contributed by atoms with E-state index in [0.29, 0.717) is 5.82 Å². The maximum atomic E-state index is 4.58. The Morgan fingerprint density at radius 1 is 1.00 bits per heavy atom. The molecule has 0 bridgehead atoms. The minimum absolute atomic E-state index is 0.668. The summed E-state index contributed by atoms with van der Waals surface area (Å²) in [5.74, 6) is 1.45. The molecule has 0 radical (unpaired) electrons. The second-order valence-corrected chi connectivity index (χ2v) is 5.78. The molecule has 0 amide bonds. The third-order valence-corrected chi connectivity index (χ3v) is 3.83. The number of aromatic amines is 1. The average Bonchev–Trinajstić information content (AvgIpc) is 3.20. The van der Waals surface area contributed by atoms with E-state index in [-0.39, 0.29) is 0 Å². The molecule has 1 aromatic carbocycles. The Morgan fingerprint density at radius 3 is 2.67 bits per heavy atom. The Bertz CT molecular complexity index is 1020. The molecule has 4 rings (SSSR count). The minimum Gasteiger partial charge on any atom is -0.344 e. The topological polar surface area (TPSA) is 58.9 Å². The number of aryl methyl sites for hydroxylation is 2.